The summed E-state index contributed by atoms with van der Waals surface area (Å²) in [6.45, 7) is 2.12. The fraction of sp³-hybridized carbons (Fsp3) is 0.385. The Kier molecular flexibility index (Phi) is 5.79. The molecule has 0 aliphatic heterocycles. The maximum Gasteiger partial charge on any atom is 0.119 e. The first-order valence-corrected chi connectivity index (χ1v) is 6.73. The molecule has 0 bridgehead atoms. The van der Waals surface area contributed by atoms with E-state index < -0.39 is 6.10 Å². The van der Waals surface area contributed by atoms with E-state index in [1.54, 1.807) is 41.3 Å². The number of hydrogen-bond donors (Lipinski definition) is 2. The van der Waals surface area contributed by atoms with Crippen molar-refractivity contribution in [2.45, 2.75) is 12.6 Å². The molecule has 1 heterocycles. The van der Waals surface area contributed by atoms with E-state index in [9.17, 15) is 5.11 Å². The first-order valence-electron chi connectivity index (χ1n) is 6.35. The van der Waals surface area contributed by atoms with Crippen LogP contribution < -0.4 is 10.1 Å². The van der Waals surface area contributed by atoms with Gasteiger partial charge in [0.1, 0.15) is 18.5 Å². The minimum absolute atomic E-state index is 0.234. The van der Waals surface area contributed by atoms with Crippen LogP contribution in [0, 0.1) is 0 Å². The van der Waals surface area contributed by atoms with Crippen LogP contribution in [0.1, 0.15) is 0 Å². The molecule has 108 valence electrons. The number of aliphatic hydroxyl groups excluding tert-OH is 1. The molecule has 0 aliphatic rings. The van der Waals surface area contributed by atoms with E-state index in [1.165, 1.54) is 0 Å². The number of benzene rings is 1. The predicted molar refractivity (Wildman–Crippen MR) is 75.8 cm³/mol. The Labute approximate surface area is 122 Å². The van der Waals surface area contributed by atoms with Crippen LogP contribution in [0.4, 0.5) is 0 Å². The van der Waals surface area contributed by atoms with Gasteiger partial charge in [-0.3, -0.25) is 4.68 Å². The largest absolute Gasteiger partial charge is 0.491 e. The highest BCUT2D eigenvalue weighted by atomic mass is 35.5. The Bertz CT molecular complexity index is 490. The van der Waals surface area contributed by atoms with Gasteiger partial charge >= 0.3 is 0 Å². The highest BCUT2D eigenvalue weighted by Gasteiger charge is 2.04. The highest BCUT2D eigenvalue weighted by Crippen LogP contribution is 2.15. The van der Waals surface area contributed by atoms with Gasteiger partial charge in [0.25, 0.3) is 0 Å². The van der Waals surface area contributed by atoms with Crippen molar-refractivity contribution in [3.63, 3.8) is 0 Å². The van der Waals surface area contributed by atoms with Crippen LogP contribution in [0.15, 0.2) is 36.7 Å². The fourth-order valence-corrected chi connectivity index (χ4v) is 1.72. The first kappa shape index (κ1) is 14.8. The number of hydrogen-bond acceptors (Lipinski definition) is 5. The lowest BCUT2D eigenvalue weighted by molar-refractivity contribution is 0.106. The number of ether oxygens (including phenoxy) is 1. The molecule has 0 radical (unpaired) electrons. The average molecular weight is 297 g/mol. The van der Waals surface area contributed by atoms with Crippen molar-refractivity contribution in [2.24, 2.45) is 0 Å². The molecular weight excluding hydrogens is 280 g/mol. The number of nitrogens with one attached hydrogen (secondary N) is 1. The lowest BCUT2D eigenvalue weighted by Crippen LogP contribution is -2.33. The number of halogens is 1. The SMILES string of the molecule is OC(CNCCn1ccnn1)COc1ccc(Cl)cc1. The topological polar surface area (TPSA) is 72.2 Å². The van der Waals surface area contributed by atoms with Crippen LogP contribution in [-0.4, -0.2) is 45.9 Å². The van der Waals surface area contributed by atoms with Gasteiger partial charge in [0.05, 0.1) is 12.7 Å². The Hall–Kier alpha value is -1.63. The van der Waals surface area contributed by atoms with Crippen molar-refractivity contribution < 1.29 is 9.84 Å². The third-order valence-electron chi connectivity index (χ3n) is 2.63. The van der Waals surface area contributed by atoms with Crippen LogP contribution in [0.3, 0.4) is 0 Å². The molecule has 2 aromatic rings. The number of rotatable bonds is 8. The summed E-state index contributed by atoms with van der Waals surface area (Å²) in [6.07, 6.45) is 2.86. The zero-order chi connectivity index (χ0) is 14.2. The van der Waals surface area contributed by atoms with Crippen molar-refractivity contribution in [3.8, 4) is 5.75 Å². The van der Waals surface area contributed by atoms with Crippen LogP contribution in [0.2, 0.25) is 5.02 Å². The van der Waals surface area contributed by atoms with Crippen molar-refractivity contribution in [1.82, 2.24) is 20.3 Å². The molecule has 1 unspecified atom stereocenters. The Morgan fingerprint density at radius 1 is 1.35 bits per heavy atom. The number of aliphatic hydroxyl groups is 1. The Balaban J connectivity index is 1.58. The molecule has 1 aromatic heterocycles. The van der Waals surface area contributed by atoms with Crippen LogP contribution in [0.5, 0.6) is 5.75 Å². The molecule has 6 nitrogen and oxygen atoms in total. The van der Waals surface area contributed by atoms with E-state index in [1.807, 2.05) is 0 Å². The lowest BCUT2D eigenvalue weighted by atomic mass is 10.3. The van der Waals surface area contributed by atoms with E-state index in [2.05, 4.69) is 15.6 Å². The molecule has 2 N–H and O–H groups in total. The summed E-state index contributed by atoms with van der Waals surface area (Å²) in [7, 11) is 0. The zero-order valence-electron chi connectivity index (χ0n) is 10.9. The van der Waals surface area contributed by atoms with Gasteiger partial charge in [-0.15, -0.1) is 5.10 Å². The van der Waals surface area contributed by atoms with Gasteiger partial charge in [-0.05, 0) is 24.3 Å². The van der Waals surface area contributed by atoms with Crippen molar-refractivity contribution in [1.29, 1.82) is 0 Å². The van der Waals surface area contributed by atoms with Gasteiger partial charge in [0.15, 0.2) is 0 Å². The van der Waals surface area contributed by atoms with Crippen LogP contribution >= 0.6 is 11.6 Å². The van der Waals surface area contributed by atoms with E-state index in [0.717, 1.165) is 0 Å². The predicted octanol–water partition coefficient (Wildman–Crippen LogP) is 0.961. The van der Waals surface area contributed by atoms with Crippen LogP contribution in [-0.2, 0) is 6.54 Å². The quantitative estimate of drug-likeness (QED) is 0.710. The van der Waals surface area contributed by atoms with E-state index in [0.29, 0.717) is 30.4 Å². The zero-order valence-corrected chi connectivity index (χ0v) is 11.7. The van der Waals surface area contributed by atoms with E-state index in [4.69, 9.17) is 16.3 Å². The molecule has 0 aliphatic carbocycles. The van der Waals surface area contributed by atoms with Gasteiger partial charge < -0.3 is 15.2 Å². The molecule has 0 fully saturated rings. The molecule has 7 heteroatoms. The maximum atomic E-state index is 9.77. The standard InChI is InChI=1S/C13H17ClN4O2/c14-11-1-3-13(4-2-11)20-10-12(19)9-15-5-7-18-8-6-16-17-18/h1-4,6,8,12,15,19H,5,7,9-10H2. The second kappa shape index (κ2) is 7.84. The van der Waals surface area contributed by atoms with Crippen molar-refractivity contribution in [2.75, 3.05) is 19.7 Å². The minimum atomic E-state index is -0.568. The number of aromatic nitrogens is 3. The summed E-state index contributed by atoms with van der Waals surface area (Å²) in [4.78, 5) is 0. The van der Waals surface area contributed by atoms with Gasteiger partial charge in [0, 0.05) is 24.3 Å². The maximum absolute atomic E-state index is 9.77. The fourth-order valence-electron chi connectivity index (χ4n) is 1.60. The minimum Gasteiger partial charge on any atom is -0.491 e. The second-order valence-electron chi connectivity index (χ2n) is 4.29. The van der Waals surface area contributed by atoms with Gasteiger partial charge in [-0.1, -0.05) is 16.8 Å². The van der Waals surface area contributed by atoms with Crippen molar-refractivity contribution >= 4 is 11.6 Å². The van der Waals surface area contributed by atoms with Gasteiger partial charge in [-0.2, -0.15) is 0 Å². The Morgan fingerprint density at radius 2 is 2.15 bits per heavy atom. The molecule has 1 aromatic carbocycles. The normalized spacial score (nSPS) is 12.3. The van der Waals surface area contributed by atoms with Gasteiger partial charge in [0.2, 0.25) is 0 Å². The van der Waals surface area contributed by atoms with Gasteiger partial charge in [-0.25, -0.2) is 0 Å². The third-order valence-corrected chi connectivity index (χ3v) is 2.88. The highest BCUT2D eigenvalue weighted by molar-refractivity contribution is 6.30. The molecule has 20 heavy (non-hydrogen) atoms. The summed E-state index contributed by atoms with van der Waals surface area (Å²) in [5, 5.41) is 21.1. The molecule has 0 saturated carbocycles. The summed E-state index contributed by atoms with van der Waals surface area (Å²) < 4.78 is 7.18. The average Bonchev–Trinajstić information content (AvgIpc) is 2.96. The first-order chi connectivity index (χ1) is 9.74. The molecule has 1 atom stereocenters. The molecule has 0 amide bonds. The smallest absolute Gasteiger partial charge is 0.119 e. The Morgan fingerprint density at radius 3 is 2.85 bits per heavy atom. The summed E-state index contributed by atoms with van der Waals surface area (Å²) in [5.41, 5.74) is 0. The summed E-state index contributed by atoms with van der Waals surface area (Å²) >= 11 is 5.77. The molecule has 0 spiro atoms. The summed E-state index contributed by atoms with van der Waals surface area (Å²) in [6, 6.07) is 7.04. The molecular formula is C13H17ClN4O2. The van der Waals surface area contributed by atoms with E-state index in [-0.39, 0.29) is 6.61 Å². The lowest BCUT2D eigenvalue weighted by Gasteiger charge is -2.13. The van der Waals surface area contributed by atoms with Crippen molar-refractivity contribution in [3.05, 3.63) is 41.7 Å². The third kappa shape index (κ3) is 5.16. The number of nitrogens with zero attached hydrogens (tertiary/aromatic N) is 3. The second-order valence-corrected chi connectivity index (χ2v) is 4.73. The summed E-state index contributed by atoms with van der Waals surface area (Å²) in [5.74, 6) is 0.691. The molecule has 2 rings (SSSR count). The monoisotopic (exact) mass is 296 g/mol. The van der Waals surface area contributed by atoms with Crippen LogP contribution in [0.25, 0.3) is 0 Å². The molecule has 0 saturated heterocycles. The van der Waals surface area contributed by atoms with E-state index >= 15 is 0 Å².